The van der Waals surface area contributed by atoms with Crippen LogP contribution in [0, 0.1) is 13.8 Å². The molecule has 6 nitrogen and oxygen atoms in total. The average Bonchev–Trinajstić information content (AvgIpc) is 2.29. The molecule has 0 aliphatic rings. The Labute approximate surface area is 97.8 Å². The fraction of sp³-hybridized carbons (Fsp3) is 0.273. The minimum Gasteiger partial charge on any atom is -0.352 e. The number of fused-ring (bicyclic) bond motifs is 1. The Morgan fingerprint density at radius 2 is 2.00 bits per heavy atom. The van der Waals surface area contributed by atoms with E-state index in [1.165, 1.54) is 0 Å². The van der Waals surface area contributed by atoms with E-state index in [1.54, 1.807) is 6.08 Å². The summed E-state index contributed by atoms with van der Waals surface area (Å²) in [5.41, 5.74) is 1.82. The summed E-state index contributed by atoms with van der Waals surface area (Å²) in [5, 5.41) is 2.91. The number of nitrogens with zero attached hydrogens (tertiary/aromatic N) is 3. The molecule has 0 saturated heterocycles. The molecule has 0 amide bonds. The third kappa shape index (κ3) is 2.15. The Balaban J connectivity index is 2.60. The number of anilines is 1. The van der Waals surface area contributed by atoms with E-state index in [0.717, 1.165) is 11.4 Å². The van der Waals surface area contributed by atoms with Crippen LogP contribution in [-0.4, -0.2) is 26.5 Å². The summed E-state index contributed by atoms with van der Waals surface area (Å²) in [4.78, 5) is 27.0. The van der Waals surface area contributed by atoms with Gasteiger partial charge in [0.15, 0.2) is 11.2 Å². The van der Waals surface area contributed by atoms with Gasteiger partial charge in [-0.2, -0.15) is 4.98 Å². The van der Waals surface area contributed by atoms with Gasteiger partial charge in [0, 0.05) is 6.54 Å². The molecule has 2 aromatic rings. The zero-order valence-corrected chi connectivity index (χ0v) is 9.74. The summed E-state index contributed by atoms with van der Waals surface area (Å²) in [6.07, 6.45) is 1.68. The molecule has 2 heterocycles. The van der Waals surface area contributed by atoms with Gasteiger partial charge in [-0.1, -0.05) is 6.08 Å². The lowest BCUT2D eigenvalue weighted by Gasteiger charge is -2.04. The van der Waals surface area contributed by atoms with Gasteiger partial charge in [0.25, 0.3) is 5.56 Å². The van der Waals surface area contributed by atoms with Gasteiger partial charge in [-0.25, -0.2) is 9.97 Å². The van der Waals surface area contributed by atoms with E-state index in [1.807, 2.05) is 13.8 Å². The van der Waals surface area contributed by atoms with Gasteiger partial charge in [-0.15, -0.1) is 6.58 Å². The maximum absolute atomic E-state index is 11.8. The van der Waals surface area contributed by atoms with E-state index >= 15 is 0 Å². The minimum absolute atomic E-state index is 0.261. The van der Waals surface area contributed by atoms with Crippen molar-refractivity contribution in [2.45, 2.75) is 13.8 Å². The fourth-order valence-corrected chi connectivity index (χ4v) is 1.37. The standard InChI is InChI=1S/C11H13N5O/c1-4-5-12-11-15-9-8(10(17)16-11)13-6(2)7(3)14-9/h4H,1,5H2,2-3H3,(H2,12,14,15,16,17). The predicted octanol–water partition coefficient (Wildman–Crippen LogP) is 0.928. The molecule has 0 aromatic carbocycles. The van der Waals surface area contributed by atoms with Crippen LogP contribution in [0.25, 0.3) is 11.2 Å². The second-order valence-electron chi connectivity index (χ2n) is 3.65. The first-order chi connectivity index (χ1) is 8.11. The number of nitrogens with one attached hydrogen (secondary N) is 2. The van der Waals surface area contributed by atoms with Crippen LogP contribution in [0.4, 0.5) is 5.95 Å². The SMILES string of the molecule is C=CCNc1nc2nc(C)c(C)nc2c(=O)[nH]1. The van der Waals surface area contributed by atoms with Gasteiger partial charge >= 0.3 is 0 Å². The van der Waals surface area contributed by atoms with Gasteiger partial charge in [-0.3, -0.25) is 9.78 Å². The molecule has 0 aliphatic carbocycles. The molecule has 2 aromatic heterocycles. The summed E-state index contributed by atoms with van der Waals surface area (Å²) in [6, 6.07) is 0. The van der Waals surface area contributed by atoms with Crippen LogP contribution in [-0.2, 0) is 0 Å². The van der Waals surface area contributed by atoms with Gasteiger partial charge in [0.05, 0.1) is 11.4 Å². The summed E-state index contributed by atoms with van der Waals surface area (Å²) in [7, 11) is 0. The highest BCUT2D eigenvalue weighted by molar-refractivity contribution is 5.70. The maximum atomic E-state index is 11.8. The molecule has 0 unspecified atom stereocenters. The summed E-state index contributed by atoms with van der Waals surface area (Å²) < 4.78 is 0. The molecule has 0 atom stereocenters. The molecule has 0 saturated carbocycles. The van der Waals surface area contributed by atoms with Crippen molar-refractivity contribution < 1.29 is 0 Å². The number of aromatic amines is 1. The van der Waals surface area contributed by atoms with Crippen LogP contribution in [0.3, 0.4) is 0 Å². The van der Waals surface area contributed by atoms with Gasteiger partial charge in [-0.05, 0) is 13.8 Å². The van der Waals surface area contributed by atoms with Crippen molar-refractivity contribution in [2.75, 3.05) is 11.9 Å². The van der Waals surface area contributed by atoms with Crippen LogP contribution in [0.5, 0.6) is 0 Å². The average molecular weight is 231 g/mol. The number of aryl methyl sites for hydroxylation is 2. The summed E-state index contributed by atoms with van der Waals surface area (Å²) in [5.74, 6) is 0.375. The van der Waals surface area contributed by atoms with E-state index < -0.39 is 0 Å². The third-order valence-corrected chi connectivity index (χ3v) is 2.37. The highest BCUT2D eigenvalue weighted by Gasteiger charge is 2.08. The van der Waals surface area contributed by atoms with Gasteiger partial charge in [0.2, 0.25) is 5.95 Å². The molecule has 0 aliphatic heterocycles. The lowest BCUT2D eigenvalue weighted by atomic mass is 10.3. The highest BCUT2D eigenvalue weighted by atomic mass is 16.1. The molecule has 0 bridgehead atoms. The number of rotatable bonds is 3. The van der Waals surface area contributed by atoms with E-state index in [2.05, 4.69) is 31.8 Å². The molecule has 6 heteroatoms. The number of hydrogen-bond acceptors (Lipinski definition) is 5. The molecule has 0 fully saturated rings. The molecule has 0 spiro atoms. The van der Waals surface area contributed by atoms with Crippen molar-refractivity contribution in [1.82, 2.24) is 19.9 Å². The summed E-state index contributed by atoms with van der Waals surface area (Å²) in [6.45, 7) is 7.74. The smallest absolute Gasteiger partial charge is 0.280 e. The predicted molar refractivity (Wildman–Crippen MR) is 66.1 cm³/mol. The second-order valence-corrected chi connectivity index (χ2v) is 3.65. The van der Waals surface area contributed by atoms with E-state index in [4.69, 9.17) is 0 Å². The van der Waals surface area contributed by atoms with Crippen LogP contribution in [0.2, 0.25) is 0 Å². The van der Waals surface area contributed by atoms with E-state index in [0.29, 0.717) is 18.1 Å². The zero-order valence-electron chi connectivity index (χ0n) is 9.74. The first kappa shape index (κ1) is 11.3. The Hall–Kier alpha value is -2.24. The molecule has 2 rings (SSSR count). The highest BCUT2D eigenvalue weighted by Crippen LogP contribution is 2.07. The molecular weight excluding hydrogens is 218 g/mol. The Morgan fingerprint density at radius 1 is 1.29 bits per heavy atom. The Morgan fingerprint density at radius 3 is 2.71 bits per heavy atom. The topological polar surface area (TPSA) is 83.6 Å². The Kier molecular flexibility index (Phi) is 2.86. The number of hydrogen-bond donors (Lipinski definition) is 2. The largest absolute Gasteiger partial charge is 0.352 e. The van der Waals surface area contributed by atoms with Crippen molar-refractivity contribution >= 4 is 17.1 Å². The van der Waals surface area contributed by atoms with Crippen molar-refractivity contribution in [3.8, 4) is 0 Å². The van der Waals surface area contributed by atoms with E-state index in [-0.39, 0.29) is 11.1 Å². The normalized spacial score (nSPS) is 10.5. The van der Waals surface area contributed by atoms with Crippen LogP contribution in [0.15, 0.2) is 17.4 Å². The molecule has 2 N–H and O–H groups in total. The van der Waals surface area contributed by atoms with Crippen molar-refractivity contribution in [3.05, 3.63) is 34.4 Å². The maximum Gasteiger partial charge on any atom is 0.280 e. The first-order valence-electron chi connectivity index (χ1n) is 5.22. The number of H-pyrrole nitrogens is 1. The molecule has 17 heavy (non-hydrogen) atoms. The molecule has 88 valence electrons. The quantitative estimate of drug-likeness (QED) is 0.768. The van der Waals surface area contributed by atoms with Gasteiger partial charge < -0.3 is 5.32 Å². The second kappa shape index (κ2) is 4.32. The number of aromatic nitrogens is 4. The summed E-state index contributed by atoms with van der Waals surface area (Å²) >= 11 is 0. The Bertz CT molecular complexity index is 632. The monoisotopic (exact) mass is 231 g/mol. The van der Waals surface area contributed by atoms with Crippen molar-refractivity contribution in [3.63, 3.8) is 0 Å². The van der Waals surface area contributed by atoms with Crippen molar-refractivity contribution in [2.24, 2.45) is 0 Å². The lowest BCUT2D eigenvalue weighted by Crippen LogP contribution is -2.16. The van der Waals surface area contributed by atoms with Crippen molar-refractivity contribution in [1.29, 1.82) is 0 Å². The first-order valence-corrected chi connectivity index (χ1v) is 5.22. The lowest BCUT2D eigenvalue weighted by molar-refractivity contribution is 1.03. The van der Waals surface area contributed by atoms with Crippen LogP contribution in [0.1, 0.15) is 11.4 Å². The van der Waals surface area contributed by atoms with Crippen LogP contribution < -0.4 is 10.9 Å². The third-order valence-electron chi connectivity index (χ3n) is 2.37. The fourth-order valence-electron chi connectivity index (χ4n) is 1.37. The molecule has 0 radical (unpaired) electrons. The molecular formula is C11H13N5O. The van der Waals surface area contributed by atoms with E-state index in [9.17, 15) is 4.79 Å². The minimum atomic E-state index is -0.294. The zero-order chi connectivity index (χ0) is 12.4. The van der Waals surface area contributed by atoms with Crippen LogP contribution >= 0.6 is 0 Å². The van der Waals surface area contributed by atoms with Gasteiger partial charge in [0.1, 0.15) is 0 Å².